The molecule has 1 fully saturated rings. The molecular weight excluding hydrogens is 382 g/mol. The number of nitrogens with one attached hydrogen (secondary N) is 1. The zero-order valence-corrected chi connectivity index (χ0v) is 16.8. The van der Waals surface area contributed by atoms with Gasteiger partial charge < -0.3 is 15.2 Å². The van der Waals surface area contributed by atoms with Crippen LogP contribution >= 0.6 is 11.8 Å². The Labute approximate surface area is 166 Å². The highest BCUT2D eigenvalue weighted by atomic mass is 32.2. The summed E-state index contributed by atoms with van der Waals surface area (Å²) in [6.45, 7) is 3.38. The van der Waals surface area contributed by atoms with Gasteiger partial charge in [-0.05, 0) is 44.9 Å². The highest BCUT2D eigenvalue weighted by Crippen LogP contribution is 2.25. The highest BCUT2D eigenvalue weighted by molar-refractivity contribution is 8.00. The number of esters is 1. The number of thioether (sulfide) groups is 1. The number of carbonyl (C=O) groups is 2. The van der Waals surface area contributed by atoms with Gasteiger partial charge in [0.25, 0.3) is 5.56 Å². The molecule has 1 amide bonds. The van der Waals surface area contributed by atoms with E-state index in [1.807, 2.05) is 0 Å². The van der Waals surface area contributed by atoms with E-state index in [1.54, 1.807) is 13.8 Å². The Kier molecular flexibility index (Phi) is 6.04. The fourth-order valence-electron chi connectivity index (χ4n) is 2.72. The summed E-state index contributed by atoms with van der Waals surface area (Å²) in [4.78, 5) is 41.6. The van der Waals surface area contributed by atoms with Crippen molar-refractivity contribution < 1.29 is 19.4 Å². The molecule has 28 heavy (non-hydrogen) atoms. The number of carbonyl (C=O) groups excluding carboxylic acids is 2. The number of fused-ring (bicyclic) bond motifs is 1. The number of hydrogen-bond acceptors (Lipinski definition) is 7. The van der Waals surface area contributed by atoms with Crippen molar-refractivity contribution in [1.82, 2.24) is 14.9 Å². The first-order chi connectivity index (χ1) is 13.3. The molecule has 0 saturated heterocycles. The van der Waals surface area contributed by atoms with E-state index >= 15 is 0 Å². The van der Waals surface area contributed by atoms with Gasteiger partial charge in [-0.15, -0.1) is 0 Å². The molecule has 1 saturated carbocycles. The van der Waals surface area contributed by atoms with Crippen LogP contribution in [-0.4, -0.2) is 51.0 Å². The van der Waals surface area contributed by atoms with Crippen LogP contribution in [0.4, 0.5) is 0 Å². The minimum atomic E-state index is -0.763. The average Bonchev–Trinajstić information content (AvgIpc) is 3.47. The predicted molar refractivity (Wildman–Crippen MR) is 106 cm³/mol. The molecule has 0 bridgehead atoms. The molecule has 2 atom stereocenters. The molecule has 8 nitrogen and oxygen atoms in total. The maximum atomic E-state index is 13.0. The van der Waals surface area contributed by atoms with E-state index in [-0.39, 0.29) is 29.6 Å². The summed E-state index contributed by atoms with van der Waals surface area (Å²) in [5.41, 5.74) is 0.289. The lowest BCUT2D eigenvalue weighted by molar-refractivity contribution is -0.120. The number of aliphatic hydroxyl groups excluding tert-OH is 1. The van der Waals surface area contributed by atoms with E-state index in [9.17, 15) is 19.5 Å². The van der Waals surface area contributed by atoms with Crippen molar-refractivity contribution in [2.75, 3.05) is 7.11 Å². The SMILES string of the molecule is COC(=O)c1ccc2c(=O)n(C[C@H](C)O)c(S[C@H](C)C(=O)NC3CC3)nc2c1. The number of amides is 1. The van der Waals surface area contributed by atoms with Crippen molar-refractivity contribution in [2.45, 2.75) is 55.8 Å². The Morgan fingerprint density at radius 1 is 1.39 bits per heavy atom. The molecule has 3 rings (SSSR count). The molecule has 0 aliphatic heterocycles. The van der Waals surface area contributed by atoms with Crippen molar-refractivity contribution in [3.8, 4) is 0 Å². The molecule has 0 spiro atoms. The van der Waals surface area contributed by atoms with Gasteiger partial charge in [0.1, 0.15) is 0 Å². The molecule has 2 N–H and O–H groups in total. The predicted octanol–water partition coefficient (Wildman–Crippen LogP) is 1.32. The Balaban J connectivity index is 2.02. The first-order valence-corrected chi connectivity index (χ1v) is 9.96. The van der Waals surface area contributed by atoms with Gasteiger partial charge in [0.2, 0.25) is 5.91 Å². The van der Waals surface area contributed by atoms with Gasteiger partial charge in [-0.25, -0.2) is 9.78 Å². The van der Waals surface area contributed by atoms with Crippen LogP contribution in [0.2, 0.25) is 0 Å². The number of methoxy groups -OCH3 is 1. The van der Waals surface area contributed by atoms with E-state index < -0.39 is 17.3 Å². The Morgan fingerprint density at radius 3 is 2.71 bits per heavy atom. The summed E-state index contributed by atoms with van der Waals surface area (Å²) in [5, 5.41) is 12.9. The molecule has 150 valence electrons. The van der Waals surface area contributed by atoms with Gasteiger partial charge in [-0.1, -0.05) is 11.8 Å². The fourth-order valence-corrected chi connectivity index (χ4v) is 3.65. The number of aromatic nitrogens is 2. The van der Waals surface area contributed by atoms with Crippen LogP contribution in [0, 0.1) is 0 Å². The Hall–Kier alpha value is -2.39. The summed E-state index contributed by atoms with van der Waals surface area (Å²) in [7, 11) is 1.28. The molecule has 2 aromatic rings. The molecule has 1 aliphatic rings. The molecule has 1 heterocycles. The topological polar surface area (TPSA) is 111 Å². The van der Waals surface area contributed by atoms with E-state index in [0.717, 1.165) is 24.6 Å². The summed E-state index contributed by atoms with van der Waals surface area (Å²) >= 11 is 1.15. The number of nitrogens with zero attached hydrogens (tertiary/aromatic N) is 2. The lowest BCUT2D eigenvalue weighted by atomic mass is 10.1. The normalized spacial score (nSPS) is 15.9. The lowest BCUT2D eigenvalue weighted by Gasteiger charge is -2.17. The van der Waals surface area contributed by atoms with Gasteiger partial charge in [-0.2, -0.15) is 0 Å². The molecule has 9 heteroatoms. The van der Waals surface area contributed by atoms with Crippen LogP contribution in [0.5, 0.6) is 0 Å². The standard InChI is InChI=1S/C19H23N3O5S/c1-10(23)9-22-17(25)14-7-4-12(18(26)27-3)8-15(14)21-19(22)28-11(2)16(24)20-13-5-6-13/h4,7-8,10-11,13,23H,5-6,9H2,1-3H3,(H,20,24)/t10-,11+/m0/s1. The number of hydrogen-bond donors (Lipinski definition) is 2. The van der Waals surface area contributed by atoms with E-state index in [1.165, 1.54) is 29.9 Å². The second-order valence-corrected chi connectivity index (χ2v) is 8.23. The van der Waals surface area contributed by atoms with Gasteiger partial charge in [0, 0.05) is 6.04 Å². The minimum absolute atomic E-state index is 0.0554. The van der Waals surface area contributed by atoms with Crippen molar-refractivity contribution in [3.05, 3.63) is 34.1 Å². The first-order valence-electron chi connectivity index (χ1n) is 9.08. The largest absolute Gasteiger partial charge is 0.465 e. The van der Waals surface area contributed by atoms with Gasteiger partial charge >= 0.3 is 5.97 Å². The van der Waals surface area contributed by atoms with Crippen LogP contribution in [0.15, 0.2) is 28.2 Å². The molecule has 1 aliphatic carbocycles. The highest BCUT2D eigenvalue weighted by Gasteiger charge is 2.27. The zero-order chi connectivity index (χ0) is 20.4. The van der Waals surface area contributed by atoms with Gasteiger partial charge in [0.15, 0.2) is 5.16 Å². The average molecular weight is 405 g/mol. The smallest absolute Gasteiger partial charge is 0.337 e. The third-order valence-corrected chi connectivity index (χ3v) is 5.45. The van der Waals surface area contributed by atoms with Crippen LogP contribution in [0.1, 0.15) is 37.0 Å². The number of ether oxygens (including phenoxy) is 1. The Bertz CT molecular complexity index is 968. The summed E-state index contributed by atoms with van der Waals surface area (Å²) in [6, 6.07) is 4.76. The Morgan fingerprint density at radius 2 is 2.11 bits per heavy atom. The maximum Gasteiger partial charge on any atom is 0.337 e. The first kappa shape index (κ1) is 20.3. The number of benzene rings is 1. The van der Waals surface area contributed by atoms with Crippen LogP contribution in [0.3, 0.4) is 0 Å². The van der Waals surface area contributed by atoms with E-state index in [2.05, 4.69) is 10.3 Å². The zero-order valence-electron chi connectivity index (χ0n) is 16.0. The summed E-state index contributed by atoms with van der Waals surface area (Å²) in [5.74, 6) is -0.642. The van der Waals surface area contributed by atoms with Crippen LogP contribution in [-0.2, 0) is 16.1 Å². The molecule has 1 aromatic heterocycles. The molecular formula is C19H23N3O5S. The second kappa shape index (κ2) is 8.32. The monoisotopic (exact) mass is 405 g/mol. The van der Waals surface area contributed by atoms with Crippen molar-refractivity contribution in [1.29, 1.82) is 0 Å². The number of aliphatic hydroxyl groups is 1. The molecule has 1 aromatic carbocycles. The van der Waals surface area contributed by atoms with Gasteiger partial charge in [-0.3, -0.25) is 14.2 Å². The quantitative estimate of drug-likeness (QED) is 0.406. The lowest BCUT2D eigenvalue weighted by Crippen LogP contribution is -2.34. The third-order valence-electron chi connectivity index (χ3n) is 4.36. The molecule has 0 unspecified atom stereocenters. The van der Waals surface area contributed by atoms with Gasteiger partial charge in [0.05, 0.1) is 41.5 Å². The maximum absolute atomic E-state index is 13.0. The van der Waals surface area contributed by atoms with E-state index in [4.69, 9.17) is 4.74 Å². The van der Waals surface area contributed by atoms with Crippen LogP contribution in [0.25, 0.3) is 10.9 Å². The summed E-state index contributed by atoms with van der Waals surface area (Å²) in [6.07, 6.45) is 1.21. The van der Waals surface area contributed by atoms with Crippen molar-refractivity contribution in [2.24, 2.45) is 0 Å². The third kappa shape index (κ3) is 4.53. The number of rotatable bonds is 7. The fraction of sp³-hybridized carbons (Fsp3) is 0.474. The second-order valence-electron chi connectivity index (χ2n) is 6.93. The van der Waals surface area contributed by atoms with E-state index in [0.29, 0.717) is 16.1 Å². The van der Waals surface area contributed by atoms with Crippen LogP contribution < -0.4 is 10.9 Å². The molecule has 0 radical (unpaired) electrons. The van der Waals surface area contributed by atoms with Crippen molar-refractivity contribution >= 4 is 34.5 Å². The summed E-state index contributed by atoms with van der Waals surface area (Å²) < 4.78 is 6.09. The van der Waals surface area contributed by atoms with Crippen molar-refractivity contribution in [3.63, 3.8) is 0 Å². The minimum Gasteiger partial charge on any atom is -0.465 e.